The molecule has 0 radical (unpaired) electrons. The number of hydrogen-bond donors (Lipinski definition) is 2. The van der Waals surface area contributed by atoms with E-state index in [9.17, 15) is 9.90 Å². The van der Waals surface area contributed by atoms with Crippen molar-refractivity contribution in [2.45, 2.75) is 18.9 Å². The summed E-state index contributed by atoms with van der Waals surface area (Å²) < 4.78 is 10.5. The second-order valence-corrected chi connectivity index (χ2v) is 7.45. The Hall–Kier alpha value is -2.57. The predicted octanol–water partition coefficient (Wildman–Crippen LogP) is 2.61. The van der Waals surface area contributed by atoms with Crippen molar-refractivity contribution in [3.05, 3.63) is 59.7 Å². The van der Waals surface area contributed by atoms with Crippen LogP contribution in [0.5, 0.6) is 11.5 Å². The molecule has 0 aliphatic carbocycles. The fourth-order valence-corrected chi connectivity index (χ4v) is 3.69. The van der Waals surface area contributed by atoms with Gasteiger partial charge in [-0.15, -0.1) is 0 Å². The summed E-state index contributed by atoms with van der Waals surface area (Å²) in [6.45, 7) is 2.28. The van der Waals surface area contributed by atoms with E-state index in [0.29, 0.717) is 12.5 Å². The van der Waals surface area contributed by atoms with Gasteiger partial charge in [-0.05, 0) is 67.2 Å². The maximum absolute atomic E-state index is 12.8. The molecule has 6 heteroatoms. The van der Waals surface area contributed by atoms with Crippen molar-refractivity contribution in [2.24, 2.45) is 5.92 Å². The van der Waals surface area contributed by atoms with Gasteiger partial charge in [-0.3, -0.25) is 9.69 Å². The van der Waals surface area contributed by atoms with Gasteiger partial charge in [0, 0.05) is 6.61 Å². The summed E-state index contributed by atoms with van der Waals surface area (Å²) in [7, 11) is 3.27. The zero-order valence-electron chi connectivity index (χ0n) is 17.1. The van der Waals surface area contributed by atoms with Gasteiger partial charge in [0.1, 0.15) is 11.5 Å². The van der Waals surface area contributed by atoms with Crippen LogP contribution in [0.2, 0.25) is 0 Å². The van der Waals surface area contributed by atoms with E-state index in [1.54, 1.807) is 14.2 Å². The number of benzene rings is 2. The van der Waals surface area contributed by atoms with Crippen molar-refractivity contribution in [1.29, 1.82) is 0 Å². The molecule has 6 nitrogen and oxygen atoms in total. The van der Waals surface area contributed by atoms with Gasteiger partial charge in [0.2, 0.25) is 5.91 Å². The summed E-state index contributed by atoms with van der Waals surface area (Å²) in [6.07, 6.45) is 1.87. The largest absolute Gasteiger partial charge is 0.497 e. The van der Waals surface area contributed by atoms with Crippen LogP contribution < -0.4 is 14.8 Å². The summed E-state index contributed by atoms with van der Waals surface area (Å²) in [5.74, 6) is 1.91. The minimum absolute atomic E-state index is 0.0101. The number of piperidine rings is 1. The van der Waals surface area contributed by atoms with Gasteiger partial charge in [-0.25, -0.2) is 0 Å². The van der Waals surface area contributed by atoms with Gasteiger partial charge < -0.3 is 19.9 Å². The fraction of sp³-hybridized carbons (Fsp3) is 0.435. The predicted molar refractivity (Wildman–Crippen MR) is 112 cm³/mol. The minimum atomic E-state index is -0.255. The highest BCUT2D eigenvalue weighted by atomic mass is 16.5. The zero-order valence-corrected chi connectivity index (χ0v) is 17.1. The van der Waals surface area contributed by atoms with Gasteiger partial charge in [0.25, 0.3) is 0 Å². The van der Waals surface area contributed by atoms with Gasteiger partial charge in [-0.2, -0.15) is 0 Å². The van der Waals surface area contributed by atoms with Crippen molar-refractivity contribution in [3.8, 4) is 11.5 Å². The fourth-order valence-electron chi connectivity index (χ4n) is 3.69. The molecule has 0 saturated carbocycles. The van der Waals surface area contributed by atoms with Crippen molar-refractivity contribution in [1.82, 2.24) is 10.2 Å². The topological polar surface area (TPSA) is 71.0 Å². The maximum atomic E-state index is 12.8. The Labute approximate surface area is 172 Å². The number of carbonyl (C=O) groups is 1. The Kier molecular flexibility index (Phi) is 7.49. The number of methoxy groups -OCH3 is 2. The first kappa shape index (κ1) is 21.1. The first-order valence-corrected chi connectivity index (χ1v) is 10.0. The molecule has 29 heavy (non-hydrogen) atoms. The summed E-state index contributed by atoms with van der Waals surface area (Å²) in [5.41, 5.74) is 1.98. The molecule has 3 rings (SSSR count). The van der Waals surface area contributed by atoms with Gasteiger partial charge in [0.05, 0.1) is 26.8 Å². The van der Waals surface area contributed by atoms with Crippen LogP contribution in [0, 0.1) is 5.92 Å². The van der Waals surface area contributed by atoms with E-state index in [-0.39, 0.29) is 18.6 Å². The molecule has 0 bridgehead atoms. The van der Waals surface area contributed by atoms with E-state index in [2.05, 4.69) is 10.2 Å². The molecule has 0 spiro atoms. The Morgan fingerprint density at radius 2 is 1.48 bits per heavy atom. The molecule has 1 aliphatic rings. The Morgan fingerprint density at radius 3 is 1.90 bits per heavy atom. The smallest absolute Gasteiger partial charge is 0.234 e. The van der Waals surface area contributed by atoms with E-state index in [1.807, 2.05) is 48.5 Å². The highest BCUT2D eigenvalue weighted by molar-refractivity contribution is 5.79. The Bertz CT molecular complexity index is 721. The molecule has 2 N–H and O–H groups in total. The molecule has 1 amide bonds. The van der Waals surface area contributed by atoms with Crippen molar-refractivity contribution < 1.29 is 19.4 Å². The Balaban J connectivity index is 1.72. The number of ether oxygens (including phenoxy) is 2. The SMILES string of the molecule is COc1ccc(C(NC(=O)CN2CCC(CO)CC2)c2ccc(OC)cc2)cc1. The molecule has 0 aromatic heterocycles. The minimum Gasteiger partial charge on any atom is -0.497 e. The number of amides is 1. The third-order valence-corrected chi connectivity index (χ3v) is 5.54. The standard InChI is InChI=1S/C23H30N2O4/c1-28-20-7-3-18(4-8-20)23(19-5-9-21(29-2)10-6-19)24-22(27)15-25-13-11-17(16-26)12-14-25/h3-10,17,23,26H,11-16H2,1-2H3,(H,24,27). The van der Waals surface area contributed by atoms with Crippen molar-refractivity contribution in [3.63, 3.8) is 0 Å². The van der Waals surface area contributed by atoms with Crippen LogP contribution in [0.3, 0.4) is 0 Å². The second-order valence-electron chi connectivity index (χ2n) is 7.45. The first-order valence-electron chi connectivity index (χ1n) is 10.0. The zero-order chi connectivity index (χ0) is 20.6. The highest BCUT2D eigenvalue weighted by Gasteiger charge is 2.22. The number of nitrogens with one attached hydrogen (secondary N) is 1. The average molecular weight is 399 g/mol. The van der Waals surface area contributed by atoms with Gasteiger partial charge in [0.15, 0.2) is 0 Å². The lowest BCUT2D eigenvalue weighted by molar-refractivity contribution is -0.123. The third kappa shape index (κ3) is 5.71. The molecule has 2 aromatic rings. The lowest BCUT2D eigenvalue weighted by Crippen LogP contribution is -2.43. The molecule has 1 heterocycles. The lowest BCUT2D eigenvalue weighted by atomic mass is 9.97. The normalized spacial score (nSPS) is 15.3. The molecule has 2 aromatic carbocycles. The maximum Gasteiger partial charge on any atom is 0.234 e. The quantitative estimate of drug-likeness (QED) is 0.715. The number of carbonyl (C=O) groups excluding carboxylic acids is 1. The molecular weight excluding hydrogens is 368 g/mol. The van der Waals surface area contributed by atoms with E-state index in [1.165, 1.54) is 0 Å². The first-order chi connectivity index (χ1) is 14.1. The van der Waals surface area contributed by atoms with Crippen LogP contribution in [0.15, 0.2) is 48.5 Å². The summed E-state index contributed by atoms with van der Waals surface area (Å²) in [6, 6.07) is 15.2. The van der Waals surface area contributed by atoms with Crippen LogP contribution in [-0.4, -0.2) is 56.4 Å². The Morgan fingerprint density at radius 1 is 1.00 bits per heavy atom. The monoisotopic (exact) mass is 398 g/mol. The number of nitrogens with zero attached hydrogens (tertiary/aromatic N) is 1. The van der Waals surface area contributed by atoms with Crippen LogP contribution >= 0.6 is 0 Å². The van der Waals surface area contributed by atoms with Crippen LogP contribution in [0.25, 0.3) is 0 Å². The van der Waals surface area contributed by atoms with E-state index < -0.39 is 0 Å². The van der Waals surface area contributed by atoms with Crippen LogP contribution in [0.1, 0.15) is 30.0 Å². The number of likely N-dealkylation sites (tertiary alicyclic amines) is 1. The van der Waals surface area contributed by atoms with E-state index >= 15 is 0 Å². The second kappa shape index (κ2) is 10.3. The third-order valence-electron chi connectivity index (χ3n) is 5.54. The summed E-state index contributed by atoms with van der Waals surface area (Å²) in [5, 5.41) is 12.5. The number of aliphatic hydroxyl groups excluding tert-OH is 1. The van der Waals surface area contributed by atoms with Gasteiger partial charge >= 0.3 is 0 Å². The molecule has 1 saturated heterocycles. The van der Waals surface area contributed by atoms with E-state index in [0.717, 1.165) is 48.6 Å². The lowest BCUT2D eigenvalue weighted by Gasteiger charge is -2.31. The molecule has 1 aliphatic heterocycles. The molecule has 0 unspecified atom stereocenters. The average Bonchev–Trinajstić information content (AvgIpc) is 2.78. The molecule has 156 valence electrons. The van der Waals surface area contributed by atoms with Crippen LogP contribution in [0.4, 0.5) is 0 Å². The summed E-state index contributed by atoms with van der Waals surface area (Å²) in [4.78, 5) is 15.0. The molecule has 1 fully saturated rings. The molecular formula is C23H30N2O4. The van der Waals surface area contributed by atoms with Crippen molar-refractivity contribution >= 4 is 5.91 Å². The van der Waals surface area contributed by atoms with Gasteiger partial charge in [-0.1, -0.05) is 24.3 Å². The number of rotatable bonds is 8. The van der Waals surface area contributed by atoms with E-state index in [4.69, 9.17) is 9.47 Å². The van der Waals surface area contributed by atoms with Crippen LogP contribution in [-0.2, 0) is 4.79 Å². The number of hydrogen-bond acceptors (Lipinski definition) is 5. The highest BCUT2D eigenvalue weighted by Crippen LogP contribution is 2.26. The molecule has 0 atom stereocenters. The summed E-state index contributed by atoms with van der Waals surface area (Å²) >= 11 is 0. The number of aliphatic hydroxyl groups is 1. The van der Waals surface area contributed by atoms with Crippen molar-refractivity contribution in [2.75, 3.05) is 40.5 Å².